The van der Waals surface area contributed by atoms with Crippen LogP contribution in [0.1, 0.15) is 57.4 Å². The number of aromatic nitrogens is 1. The minimum absolute atomic E-state index is 0.00526. The number of methoxy groups -OCH3 is 1. The number of aromatic hydroxyl groups is 1. The van der Waals surface area contributed by atoms with Gasteiger partial charge in [0.15, 0.2) is 5.69 Å². The molecule has 10 nitrogen and oxygen atoms in total. The molecule has 1 saturated carbocycles. The molecule has 1 aromatic heterocycles. The molecule has 3 aromatic rings. The molecule has 1 fully saturated rings. The van der Waals surface area contributed by atoms with Crippen molar-refractivity contribution in [1.82, 2.24) is 9.69 Å². The van der Waals surface area contributed by atoms with Gasteiger partial charge < -0.3 is 26.6 Å². The fourth-order valence-corrected chi connectivity index (χ4v) is 5.06. The van der Waals surface area contributed by atoms with Gasteiger partial charge in [0.2, 0.25) is 5.91 Å². The standard InChI is InChI=1S/C25H27N5O5S/c1-35-18-11-9-14(10-12-18)21(24(33)28-15-5-2-3-6-15)30(16-7-4-8-17(31)13-16)25(34)22-19(26)20(23(27)32)29-36-22/h4,7-13,15,21,31H,2-3,5-6,26H2,1H3,(H2,27,32)(H,28,33)/t21-/m0/s1. The molecule has 1 aliphatic carbocycles. The van der Waals surface area contributed by atoms with Crippen molar-refractivity contribution in [2.45, 2.75) is 37.8 Å². The number of nitrogens with zero attached hydrogens (tertiary/aromatic N) is 2. The summed E-state index contributed by atoms with van der Waals surface area (Å²) < 4.78 is 9.20. The predicted molar refractivity (Wildman–Crippen MR) is 136 cm³/mol. The van der Waals surface area contributed by atoms with E-state index >= 15 is 0 Å². The lowest BCUT2D eigenvalue weighted by Crippen LogP contribution is -2.46. The van der Waals surface area contributed by atoms with Crippen molar-refractivity contribution < 1.29 is 24.2 Å². The quantitative estimate of drug-likeness (QED) is 0.363. The topological polar surface area (TPSA) is 161 Å². The van der Waals surface area contributed by atoms with Gasteiger partial charge in [0.25, 0.3) is 11.8 Å². The molecule has 1 heterocycles. The molecule has 4 rings (SSSR count). The summed E-state index contributed by atoms with van der Waals surface area (Å²) in [5.41, 5.74) is 11.8. The first-order valence-electron chi connectivity index (χ1n) is 11.4. The molecule has 2 aromatic carbocycles. The second-order valence-electron chi connectivity index (χ2n) is 8.50. The van der Waals surface area contributed by atoms with Crippen LogP contribution in [0.5, 0.6) is 11.5 Å². The van der Waals surface area contributed by atoms with Gasteiger partial charge in [-0.25, -0.2) is 0 Å². The van der Waals surface area contributed by atoms with Gasteiger partial charge in [-0.3, -0.25) is 19.3 Å². The molecule has 0 spiro atoms. The van der Waals surface area contributed by atoms with Gasteiger partial charge in [0.1, 0.15) is 22.4 Å². The fourth-order valence-electron chi connectivity index (χ4n) is 4.32. The van der Waals surface area contributed by atoms with Crippen LogP contribution in [-0.4, -0.2) is 40.4 Å². The van der Waals surface area contributed by atoms with Crippen molar-refractivity contribution in [2.75, 3.05) is 17.7 Å². The summed E-state index contributed by atoms with van der Waals surface area (Å²) in [4.78, 5) is 40.7. The van der Waals surface area contributed by atoms with E-state index in [1.54, 1.807) is 36.4 Å². The normalized spacial score (nSPS) is 14.2. The number of hydrogen-bond acceptors (Lipinski definition) is 8. The van der Waals surface area contributed by atoms with Gasteiger partial charge in [0.05, 0.1) is 12.8 Å². The molecular formula is C25H27N5O5S. The zero-order valence-corrected chi connectivity index (χ0v) is 20.5. The number of carbonyl (C=O) groups is 3. The Bertz CT molecular complexity index is 1270. The molecule has 1 atom stereocenters. The summed E-state index contributed by atoms with van der Waals surface area (Å²) >= 11 is 0.722. The lowest BCUT2D eigenvalue weighted by molar-refractivity contribution is -0.123. The van der Waals surface area contributed by atoms with Crippen molar-refractivity contribution >= 4 is 40.6 Å². The van der Waals surface area contributed by atoms with E-state index in [1.165, 1.54) is 24.1 Å². The van der Waals surface area contributed by atoms with Crippen LogP contribution in [0.15, 0.2) is 48.5 Å². The molecule has 188 valence electrons. The zero-order chi connectivity index (χ0) is 25.8. The molecule has 0 radical (unpaired) electrons. The molecule has 11 heteroatoms. The number of ether oxygens (including phenoxy) is 1. The first-order valence-corrected chi connectivity index (χ1v) is 12.2. The van der Waals surface area contributed by atoms with E-state index in [4.69, 9.17) is 16.2 Å². The number of phenolic OH excluding ortho intramolecular Hbond substituents is 1. The highest BCUT2D eigenvalue weighted by molar-refractivity contribution is 7.09. The fraction of sp³-hybridized carbons (Fsp3) is 0.280. The van der Waals surface area contributed by atoms with E-state index in [9.17, 15) is 19.5 Å². The largest absolute Gasteiger partial charge is 0.508 e. The number of benzene rings is 2. The van der Waals surface area contributed by atoms with Crippen LogP contribution < -0.4 is 26.4 Å². The first-order chi connectivity index (χ1) is 17.3. The summed E-state index contributed by atoms with van der Waals surface area (Å²) in [6.45, 7) is 0. The van der Waals surface area contributed by atoms with Crippen LogP contribution in [-0.2, 0) is 4.79 Å². The monoisotopic (exact) mass is 509 g/mol. The molecule has 0 unspecified atom stereocenters. The van der Waals surface area contributed by atoms with Crippen molar-refractivity contribution in [3.05, 3.63) is 64.7 Å². The Hall–Kier alpha value is -4.12. The van der Waals surface area contributed by atoms with Gasteiger partial charge in [-0.15, -0.1) is 0 Å². The third-order valence-electron chi connectivity index (χ3n) is 6.12. The number of phenols is 1. The maximum atomic E-state index is 14.0. The number of primary amides is 1. The second-order valence-corrected chi connectivity index (χ2v) is 9.27. The summed E-state index contributed by atoms with van der Waals surface area (Å²) in [5.74, 6) is -1.42. The van der Waals surface area contributed by atoms with Crippen LogP contribution in [0.4, 0.5) is 11.4 Å². The number of rotatable bonds is 8. The lowest BCUT2D eigenvalue weighted by Gasteiger charge is -2.32. The highest BCUT2D eigenvalue weighted by Gasteiger charge is 2.37. The molecule has 6 N–H and O–H groups in total. The van der Waals surface area contributed by atoms with E-state index in [0.29, 0.717) is 11.3 Å². The van der Waals surface area contributed by atoms with Gasteiger partial charge in [-0.1, -0.05) is 31.0 Å². The predicted octanol–water partition coefficient (Wildman–Crippen LogP) is 2.99. The maximum absolute atomic E-state index is 14.0. The van der Waals surface area contributed by atoms with E-state index in [1.807, 2.05) is 0 Å². The van der Waals surface area contributed by atoms with Gasteiger partial charge in [0, 0.05) is 17.8 Å². The molecule has 3 amide bonds. The van der Waals surface area contributed by atoms with Crippen molar-refractivity contribution in [1.29, 1.82) is 0 Å². The Kier molecular flexibility index (Phi) is 7.39. The number of anilines is 2. The lowest BCUT2D eigenvalue weighted by atomic mass is 10.0. The average Bonchev–Trinajstić information content (AvgIpc) is 3.51. The number of nitrogens with two attached hydrogens (primary N) is 2. The first kappa shape index (κ1) is 25.0. The molecule has 0 aliphatic heterocycles. The SMILES string of the molecule is COc1ccc([C@@H](C(=O)NC2CCCC2)N(C(=O)c2snc(C(N)=O)c2N)c2cccc(O)c2)cc1. The van der Waals surface area contributed by atoms with Crippen molar-refractivity contribution in [3.8, 4) is 11.5 Å². The van der Waals surface area contributed by atoms with E-state index in [-0.39, 0.29) is 39.6 Å². The smallest absolute Gasteiger partial charge is 0.273 e. The van der Waals surface area contributed by atoms with E-state index < -0.39 is 17.9 Å². The summed E-state index contributed by atoms with van der Waals surface area (Å²) in [6.07, 6.45) is 3.73. The van der Waals surface area contributed by atoms with E-state index in [0.717, 1.165) is 37.2 Å². The number of carbonyl (C=O) groups excluding carboxylic acids is 3. The van der Waals surface area contributed by atoms with Crippen molar-refractivity contribution in [3.63, 3.8) is 0 Å². The summed E-state index contributed by atoms with van der Waals surface area (Å²) in [5, 5.41) is 13.3. The zero-order valence-electron chi connectivity index (χ0n) is 19.6. The minimum atomic E-state index is -1.12. The number of nitrogen functional groups attached to an aromatic ring is 1. The average molecular weight is 510 g/mol. The second kappa shape index (κ2) is 10.6. The summed E-state index contributed by atoms with van der Waals surface area (Å²) in [7, 11) is 1.53. The number of amides is 3. The van der Waals surface area contributed by atoms with Crippen LogP contribution in [0, 0.1) is 0 Å². The minimum Gasteiger partial charge on any atom is -0.508 e. The Labute approximate surface area is 212 Å². The summed E-state index contributed by atoms with van der Waals surface area (Å²) in [6, 6.07) is 11.7. The van der Waals surface area contributed by atoms with Gasteiger partial charge >= 0.3 is 0 Å². The Balaban J connectivity index is 1.85. The van der Waals surface area contributed by atoms with Crippen molar-refractivity contribution in [2.24, 2.45) is 5.73 Å². The Morgan fingerprint density at radius 3 is 2.44 bits per heavy atom. The molecule has 36 heavy (non-hydrogen) atoms. The van der Waals surface area contributed by atoms with Crippen LogP contribution in [0.3, 0.4) is 0 Å². The molecular weight excluding hydrogens is 482 g/mol. The number of hydrogen-bond donors (Lipinski definition) is 4. The highest BCUT2D eigenvalue weighted by atomic mass is 32.1. The van der Waals surface area contributed by atoms with Gasteiger partial charge in [-0.2, -0.15) is 4.37 Å². The molecule has 1 aliphatic rings. The highest BCUT2D eigenvalue weighted by Crippen LogP contribution is 2.35. The maximum Gasteiger partial charge on any atom is 0.273 e. The van der Waals surface area contributed by atoms with Crippen LogP contribution in [0.25, 0.3) is 0 Å². The van der Waals surface area contributed by atoms with Gasteiger partial charge in [-0.05, 0) is 54.2 Å². The third-order valence-corrected chi connectivity index (χ3v) is 6.97. The Morgan fingerprint density at radius 2 is 1.86 bits per heavy atom. The van der Waals surface area contributed by atoms with E-state index in [2.05, 4.69) is 9.69 Å². The third kappa shape index (κ3) is 5.10. The Morgan fingerprint density at radius 1 is 1.17 bits per heavy atom. The van der Waals surface area contributed by atoms with Crippen LogP contribution in [0.2, 0.25) is 0 Å². The molecule has 0 saturated heterocycles. The number of nitrogens with one attached hydrogen (secondary N) is 1. The molecule has 0 bridgehead atoms. The van der Waals surface area contributed by atoms with Crippen LogP contribution >= 0.6 is 11.5 Å².